The lowest BCUT2D eigenvalue weighted by Crippen LogP contribution is -2.47. The van der Waals surface area contributed by atoms with Crippen LogP contribution >= 0.6 is 0 Å². The van der Waals surface area contributed by atoms with Crippen LogP contribution in [0.2, 0.25) is 0 Å². The van der Waals surface area contributed by atoms with Crippen LogP contribution in [-0.4, -0.2) is 39.9 Å². The van der Waals surface area contributed by atoms with Crippen molar-refractivity contribution in [2.24, 2.45) is 0 Å². The summed E-state index contributed by atoms with van der Waals surface area (Å²) in [5.41, 5.74) is 2.50. The Balaban J connectivity index is 1.52. The number of nitrogens with one attached hydrogen (secondary N) is 2. The number of anilines is 1. The Morgan fingerprint density at radius 1 is 1.15 bits per heavy atom. The molecule has 2 N–H and O–H groups in total. The number of hydrogen-bond donors (Lipinski definition) is 2. The van der Waals surface area contributed by atoms with E-state index in [-0.39, 0.29) is 17.8 Å². The van der Waals surface area contributed by atoms with Crippen LogP contribution < -0.4 is 10.6 Å². The van der Waals surface area contributed by atoms with Gasteiger partial charge in [-0.1, -0.05) is 31.4 Å². The van der Waals surface area contributed by atoms with Gasteiger partial charge in [0.15, 0.2) is 5.65 Å². The molecular formula is C26H32FN5O2. The zero-order valence-electron chi connectivity index (χ0n) is 19.6. The van der Waals surface area contributed by atoms with Gasteiger partial charge in [-0.25, -0.2) is 14.1 Å². The Kier molecular flexibility index (Phi) is 6.50. The normalized spacial score (nSPS) is 18.6. The number of fused-ring (bicyclic) bond motifs is 1. The minimum Gasteiger partial charge on any atom is -0.381 e. The number of aryl methyl sites for hydroxylation is 1. The highest BCUT2D eigenvalue weighted by Crippen LogP contribution is 2.38. The predicted molar refractivity (Wildman–Crippen MR) is 129 cm³/mol. The molecule has 0 spiro atoms. The number of aromatic nitrogens is 3. The average molecular weight is 466 g/mol. The summed E-state index contributed by atoms with van der Waals surface area (Å²) in [6.07, 6.45) is 10.1. The molecule has 1 saturated carbocycles. The number of hydrogen-bond acceptors (Lipinski definition) is 5. The number of ether oxygens (including phenoxy) is 1. The molecule has 0 atom stereocenters. The van der Waals surface area contributed by atoms with Crippen molar-refractivity contribution in [1.82, 2.24) is 20.1 Å². The molecule has 1 amide bonds. The van der Waals surface area contributed by atoms with Gasteiger partial charge >= 0.3 is 0 Å². The molecule has 0 radical (unpaired) electrons. The van der Waals surface area contributed by atoms with Crippen LogP contribution in [0.3, 0.4) is 0 Å². The molecule has 8 heteroatoms. The molecule has 0 unspecified atom stereocenters. The maximum atomic E-state index is 13.8. The number of rotatable bonds is 6. The number of pyridine rings is 1. The summed E-state index contributed by atoms with van der Waals surface area (Å²) in [4.78, 5) is 18.4. The van der Waals surface area contributed by atoms with E-state index >= 15 is 0 Å². The lowest BCUT2D eigenvalue weighted by atomic mass is 9.76. The van der Waals surface area contributed by atoms with E-state index in [2.05, 4.69) is 20.7 Å². The summed E-state index contributed by atoms with van der Waals surface area (Å²) in [5, 5.41) is 12.3. The SMILES string of the molecule is CCn1ncc2c(NC3CCOCC3)c(C(=O)NC3(c4ccc(F)cc4)CCCCC3)cnc21. The lowest BCUT2D eigenvalue weighted by molar-refractivity contribution is 0.0865. The molecule has 5 rings (SSSR count). The number of carbonyl (C=O) groups excluding carboxylic acids is 1. The lowest BCUT2D eigenvalue weighted by Gasteiger charge is -2.39. The van der Waals surface area contributed by atoms with Gasteiger partial charge in [-0.3, -0.25) is 4.79 Å². The van der Waals surface area contributed by atoms with Gasteiger partial charge in [-0.05, 0) is 50.3 Å². The summed E-state index contributed by atoms with van der Waals surface area (Å²) < 4.78 is 21.0. The monoisotopic (exact) mass is 465 g/mol. The molecule has 3 heterocycles. The van der Waals surface area contributed by atoms with Gasteiger partial charge in [-0.2, -0.15) is 5.10 Å². The van der Waals surface area contributed by atoms with Gasteiger partial charge in [-0.15, -0.1) is 0 Å². The van der Waals surface area contributed by atoms with Gasteiger partial charge in [0.05, 0.1) is 28.4 Å². The van der Waals surface area contributed by atoms with Gasteiger partial charge < -0.3 is 15.4 Å². The van der Waals surface area contributed by atoms with Crippen molar-refractivity contribution in [3.8, 4) is 0 Å². The van der Waals surface area contributed by atoms with Crippen LogP contribution in [0.15, 0.2) is 36.7 Å². The third-order valence-electron chi connectivity index (χ3n) is 7.24. The van der Waals surface area contributed by atoms with Crippen LogP contribution in [0, 0.1) is 5.82 Å². The Hall–Kier alpha value is -3.00. The van der Waals surface area contributed by atoms with E-state index in [1.54, 1.807) is 24.5 Å². The summed E-state index contributed by atoms with van der Waals surface area (Å²) in [6.45, 7) is 4.13. The molecule has 34 heavy (non-hydrogen) atoms. The summed E-state index contributed by atoms with van der Waals surface area (Å²) in [7, 11) is 0. The van der Waals surface area contributed by atoms with Crippen molar-refractivity contribution in [2.45, 2.75) is 70.0 Å². The van der Waals surface area contributed by atoms with E-state index in [1.807, 2.05) is 11.6 Å². The predicted octanol–water partition coefficient (Wildman–Crippen LogP) is 4.77. The molecule has 1 aliphatic carbocycles. The molecule has 0 bridgehead atoms. The molecule has 2 aliphatic rings. The fourth-order valence-electron chi connectivity index (χ4n) is 5.33. The first kappa shape index (κ1) is 22.8. The van der Waals surface area contributed by atoms with E-state index in [0.717, 1.165) is 67.2 Å². The quantitative estimate of drug-likeness (QED) is 0.548. The van der Waals surface area contributed by atoms with Crippen molar-refractivity contribution in [3.63, 3.8) is 0 Å². The van der Waals surface area contributed by atoms with Crippen LogP contribution in [0.4, 0.5) is 10.1 Å². The largest absolute Gasteiger partial charge is 0.381 e. The molecule has 3 aromatic rings. The Morgan fingerprint density at radius 3 is 2.59 bits per heavy atom. The first-order chi connectivity index (χ1) is 16.6. The van der Waals surface area contributed by atoms with Crippen LogP contribution in [0.25, 0.3) is 11.0 Å². The van der Waals surface area contributed by atoms with Crippen LogP contribution in [-0.2, 0) is 16.8 Å². The molecule has 2 fully saturated rings. The average Bonchev–Trinajstić information content (AvgIpc) is 3.29. The Bertz CT molecular complexity index is 1150. The zero-order chi connectivity index (χ0) is 23.5. The van der Waals surface area contributed by atoms with Crippen LogP contribution in [0.1, 0.15) is 67.8 Å². The van der Waals surface area contributed by atoms with E-state index in [9.17, 15) is 9.18 Å². The Morgan fingerprint density at radius 2 is 1.88 bits per heavy atom. The van der Waals surface area contributed by atoms with Crippen molar-refractivity contribution in [1.29, 1.82) is 0 Å². The molecule has 7 nitrogen and oxygen atoms in total. The molecule has 1 aromatic carbocycles. The highest BCUT2D eigenvalue weighted by molar-refractivity contribution is 6.06. The molecule has 1 aliphatic heterocycles. The van der Waals surface area contributed by atoms with E-state index in [1.165, 1.54) is 12.1 Å². The van der Waals surface area contributed by atoms with Crippen LogP contribution in [0.5, 0.6) is 0 Å². The minimum atomic E-state index is -0.512. The smallest absolute Gasteiger partial charge is 0.255 e. The van der Waals surface area contributed by atoms with E-state index < -0.39 is 5.54 Å². The number of carbonyl (C=O) groups is 1. The third-order valence-corrected chi connectivity index (χ3v) is 7.24. The second-order valence-corrected chi connectivity index (χ2v) is 9.38. The standard InChI is InChI=1S/C26H32FN5O2/c1-2-32-24-21(17-29-32)23(30-20-10-14-34-15-11-20)22(16-28-24)25(33)31-26(12-4-3-5-13-26)18-6-8-19(27)9-7-18/h6-9,16-17,20H,2-5,10-15H2,1H3,(H,28,30)(H,31,33). The second-order valence-electron chi connectivity index (χ2n) is 9.38. The van der Waals surface area contributed by atoms with Gasteiger partial charge in [0.25, 0.3) is 5.91 Å². The minimum absolute atomic E-state index is 0.167. The first-order valence-electron chi connectivity index (χ1n) is 12.4. The zero-order valence-corrected chi connectivity index (χ0v) is 19.6. The summed E-state index contributed by atoms with van der Waals surface area (Å²) >= 11 is 0. The first-order valence-corrected chi connectivity index (χ1v) is 12.4. The van der Waals surface area contributed by atoms with Crippen molar-refractivity contribution in [3.05, 3.63) is 53.6 Å². The number of halogens is 1. The van der Waals surface area contributed by atoms with Gasteiger partial charge in [0, 0.05) is 32.0 Å². The maximum Gasteiger partial charge on any atom is 0.255 e. The second kappa shape index (κ2) is 9.70. The fourth-order valence-corrected chi connectivity index (χ4v) is 5.33. The fraction of sp³-hybridized carbons (Fsp3) is 0.500. The van der Waals surface area contributed by atoms with Gasteiger partial charge in [0.1, 0.15) is 5.82 Å². The number of benzene rings is 1. The molecule has 1 saturated heterocycles. The van der Waals surface area contributed by atoms with Crippen molar-refractivity contribution < 1.29 is 13.9 Å². The molecule has 180 valence electrons. The summed E-state index contributed by atoms with van der Waals surface area (Å²) in [5.74, 6) is -0.439. The maximum absolute atomic E-state index is 13.8. The Labute approximate surface area is 199 Å². The topological polar surface area (TPSA) is 81.1 Å². The highest BCUT2D eigenvalue weighted by Gasteiger charge is 2.36. The van der Waals surface area contributed by atoms with Crippen molar-refractivity contribution in [2.75, 3.05) is 18.5 Å². The number of nitrogens with zero attached hydrogens (tertiary/aromatic N) is 3. The molecular weight excluding hydrogens is 433 g/mol. The third kappa shape index (κ3) is 4.39. The molecule has 2 aromatic heterocycles. The van der Waals surface area contributed by atoms with Crippen molar-refractivity contribution >= 4 is 22.6 Å². The van der Waals surface area contributed by atoms with Gasteiger partial charge in [0.2, 0.25) is 0 Å². The summed E-state index contributed by atoms with van der Waals surface area (Å²) in [6, 6.07) is 6.77. The highest BCUT2D eigenvalue weighted by atomic mass is 19.1. The van der Waals surface area contributed by atoms with E-state index in [4.69, 9.17) is 4.74 Å². The van der Waals surface area contributed by atoms with E-state index in [0.29, 0.717) is 25.3 Å². The number of amides is 1.